The molecule has 0 aliphatic rings. The van der Waals surface area contributed by atoms with E-state index in [1.807, 2.05) is 17.1 Å². The van der Waals surface area contributed by atoms with Crippen LogP contribution >= 0.6 is 15.9 Å². The molecule has 0 aliphatic heterocycles. The van der Waals surface area contributed by atoms with Gasteiger partial charge in [0.15, 0.2) is 0 Å². The van der Waals surface area contributed by atoms with Crippen molar-refractivity contribution < 1.29 is 0 Å². The van der Waals surface area contributed by atoms with Crippen molar-refractivity contribution in [3.8, 4) is 0 Å². The molecule has 0 radical (unpaired) electrons. The SMILES string of the molecule is CC(C)(C)CCCCCC=CC=CC=CBr. The summed E-state index contributed by atoms with van der Waals surface area (Å²) in [5, 5.41) is 0. The molecule has 0 fully saturated rings. The first-order valence-electron chi connectivity index (χ1n) is 6.15. The molecule has 0 saturated carbocycles. The molecule has 0 nitrogen and oxygen atoms in total. The summed E-state index contributed by atoms with van der Waals surface area (Å²) in [6.07, 6.45) is 17.0. The van der Waals surface area contributed by atoms with E-state index < -0.39 is 0 Å². The van der Waals surface area contributed by atoms with Crippen LogP contribution in [0.1, 0.15) is 52.9 Å². The molecule has 0 N–H and O–H groups in total. The second-order valence-corrected chi connectivity index (χ2v) is 5.82. The normalized spacial score (nSPS) is 13.5. The Hall–Kier alpha value is -0.300. The van der Waals surface area contributed by atoms with Crippen LogP contribution in [-0.4, -0.2) is 0 Å². The fourth-order valence-corrected chi connectivity index (χ4v) is 1.62. The first-order valence-corrected chi connectivity index (χ1v) is 7.06. The quantitative estimate of drug-likeness (QED) is 0.397. The molecule has 0 unspecified atom stereocenters. The molecule has 0 spiro atoms. The van der Waals surface area contributed by atoms with Gasteiger partial charge in [0.2, 0.25) is 0 Å². The molecule has 0 saturated heterocycles. The number of halogens is 1. The molecule has 16 heavy (non-hydrogen) atoms. The van der Waals surface area contributed by atoms with Crippen LogP contribution < -0.4 is 0 Å². The third-order valence-electron chi connectivity index (χ3n) is 2.34. The van der Waals surface area contributed by atoms with Crippen molar-refractivity contribution in [2.75, 3.05) is 0 Å². The minimum absolute atomic E-state index is 0.501. The van der Waals surface area contributed by atoms with Crippen LogP contribution in [-0.2, 0) is 0 Å². The molecule has 92 valence electrons. The molecule has 0 aromatic carbocycles. The predicted octanol–water partition coefficient (Wildman–Crippen LogP) is 6.00. The zero-order chi connectivity index (χ0) is 12.3. The van der Waals surface area contributed by atoms with Crippen molar-refractivity contribution in [2.24, 2.45) is 5.41 Å². The molecule has 0 atom stereocenters. The van der Waals surface area contributed by atoms with Crippen molar-refractivity contribution in [2.45, 2.75) is 52.9 Å². The van der Waals surface area contributed by atoms with Gasteiger partial charge in [-0.3, -0.25) is 0 Å². The highest BCUT2D eigenvalue weighted by Gasteiger charge is 2.08. The maximum atomic E-state index is 3.22. The maximum Gasteiger partial charge on any atom is -0.0189 e. The van der Waals surface area contributed by atoms with E-state index in [0.717, 1.165) is 0 Å². The van der Waals surface area contributed by atoms with E-state index in [9.17, 15) is 0 Å². The van der Waals surface area contributed by atoms with Crippen LogP contribution in [0, 0.1) is 5.41 Å². The highest BCUT2D eigenvalue weighted by Crippen LogP contribution is 2.22. The van der Waals surface area contributed by atoms with E-state index >= 15 is 0 Å². The number of hydrogen-bond donors (Lipinski definition) is 0. The minimum Gasteiger partial charge on any atom is -0.0845 e. The molecular weight excluding hydrogens is 260 g/mol. The average molecular weight is 285 g/mol. The number of unbranched alkanes of at least 4 members (excludes halogenated alkanes) is 3. The maximum absolute atomic E-state index is 3.22. The van der Waals surface area contributed by atoms with Crippen LogP contribution in [0.4, 0.5) is 0 Å². The van der Waals surface area contributed by atoms with Crippen molar-refractivity contribution in [3.05, 3.63) is 35.4 Å². The fourth-order valence-electron chi connectivity index (χ4n) is 1.44. The molecule has 1 heteroatoms. The molecule has 0 amide bonds. The van der Waals surface area contributed by atoms with Gasteiger partial charge in [0.05, 0.1) is 0 Å². The zero-order valence-electron chi connectivity index (χ0n) is 10.9. The van der Waals surface area contributed by atoms with Gasteiger partial charge in [-0.2, -0.15) is 0 Å². The lowest BCUT2D eigenvalue weighted by molar-refractivity contribution is 0.358. The van der Waals surface area contributed by atoms with E-state index in [-0.39, 0.29) is 0 Å². The number of allylic oxidation sites excluding steroid dienone is 5. The summed E-state index contributed by atoms with van der Waals surface area (Å²) < 4.78 is 0. The molecule has 0 aliphatic carbocycles. The second kappa shape index (κ2) is 9.89. The summed E-state index contributed by atoms with van der Waals surface area (Å²) in [4.78, 5) is 1.85. The van der Waals surface area contributed by atoms with E-state index in [0.29, 0.717) is 5.41 Å². The summed E-state index contributed by atoms with van der Waals surface area (Å²) in [6, 6.07) is 0. The van der Waals surface area contributed by atoms with Crippen LogP contribution in [0.15, 0.2) is 35.4 Å². The minimum atomic E-state index is 0.501. The Kier molecular flexibility index (Phi) is 9.71. The van der Waals surface area contributed by atoms with Crippen molar-refractivity contribution in [1.29, 1.82) is 0 Å². The van der Waals surface area contributed by atoms with E-state index in [4.69, 9.17) is 0 Å². The van der Waals surface area contributed by atoms with Gasteiger partial charge in [-0.1, -0.05) is 79.9 Å². The van der Waals surface area contributed by atoms with E-state index in [2.05, 4.69) is 54.9 Å². The van der Waals surface area contributed by atoms with Crippen LogP contribution in [0.3, 0.4) is 0 Å². The van der Waals surface area contributed by atoms with Gasteiger partial charge in [-0.15, -0.1) is 0 Å². The number of hydrogen-bond acceptors (Lipinski definition) is 0. The lowest BCUT2D eigenvalue weighted by atomic mass is 9.89. The van der Waals surface area contributed by atoms with Crippen molar-refractivity contribution >= 4 is 15.9 Å². The first kappa shape index (κ1) is 15.7. The highest BCUT2D eigenvalue weighted by atomic mass is 79.9. The Bertz CT molecular complexity index is 228. The third-order valence-corrected chi connectivity index (χ3v) is 2.64. The Morgan fingerprint density at radius 3 is 2.19 bits per heavy atom. The van der Waals surface area contributed by atoms with Gasteiger partial charge in [0.25, 0.3) is 0 Å². The van der Waals surface area contributed by atoms with Gasteiger partial charge in [-0.05, 0) is 29.7 Å². The second-order valence-electron chi connectivity index (χ2n) is 5.29. The Balaban J connectivity index is 3.33. The Labute approximate surface area is 110 Å². The molecule has 0 rings (SSSR count). The van der Waals surface area contributed by atoms with Crippen LogP contribution in [0.25, 0.3) is 0 Å². The fraction of sp³-hybridized carbons (Fsp3) is 0.600. The monoisotopic (exact) mass is 284 g/mol. The van der Waals surface area contributed by atoms with E-state index in [1.54, 1.807) is 0 Å². The van der Waals surface area contributed by atoms with Crippen molar-refractivity contribution in [3.63, 3.8) is 0 Å². The van der Waals surface area contributed by atoms with Crippen LogP contribution in [0.5, 0.6) is 0 Å². The smallest absolute Gasteiger partial charge is 0.0189 e. The summed E-state index contributed by atoms with van der Waals surface area (Å²) in [6.45, 7) is 6.94. The Morgan fingerprint density at radius 2 is 1.56 bits per heavy atom. The lowest BCUT2D eigenvalue weighted by Gasteiger charge is -2.17. The van der Waals surface area contributed by atoms with Gasteiger partial charge in [0.1, 0.15) is 0 Å². The van der Waals surface area contributed by atoms with Crippen molar-refractivity contribution in [1.82, 2.24) is 0 Å². The number of rotatable bonds is 7. The first-order chi connectivity index (χ1) is 7.56. The highest BCUT2D eigenvalue weighted by molar-refractivity contribution is 9.11. The van der Waals surface area contributed by atoms with Gasteiger partial charge < -0.3 is 0 Å². The Morgan fingerprint density at radius 1 is 0.875 bits per heavy atom. The summed E-state index contributed by atoms with van der Waals surface area (Å²) >= 11 is 3.22. The molecular formula is C15H25Br. The average Bonchev–Trinajstić information content (AvgIpc) is 2.19. The van der Waals surface area contributed by atoms with Crippen LogP contribution in [0.2, 0.25) is 0 Å². The predicted molar refractivity (Wildman–Crippen MR) is 78.9 cm³/mol. The topological polar surface area (TPSA) is 0 Å². The zero-order valence-corrected chi connectivity index (χ0v) is 12.5. The van der Waals surface area contributed by atoms with Gasteiger partial charge >= 0.3 is 0 Å². The van der Waals surface area contributed by atoms with Gasteiger partial charge in [-0.25, -0.2) is 0 Å². The summed E-state index contributed by atoms with van der Waals surface area (Å²) in [7, 11) is 0. The molecule has 0 heterocycles. The summed E-state index contributed by atoms with van der Waals surface area (Å²) in [5.41, 5.74) is 0.501. The molecule has 0 bridgehead atoms. The summed E-state index contributed by atoms with van der Waals surface area (Å²) in [5.74, 6) is 0. The third kappa shape index (κ3) is 13.7. The molecule has 0 aromatic heterocycles. The standard InChI is InChI=1S/C15H25Br/c1-15(2,3)13-11-9-7-5-4-6-8-10-12-14-16/h4,6,8,10,12,14H,5,7,9,11,13H2,1-3H3. The van der Waals surface area contributed by atoms with E-state index in [1.165, 1.54) is 32.1 Å². The molecule has 0 aromatic rings. The largest absolute Gasteiger partial charge is 0.0845 e. The lowest BCUT2D eigenvalue weighted by Crippen LogP contribution is -2.03. The van der Waals surface area contributed by atoms with Gasteiger partial charge in [0, 0.05) is 0 Å².